The molecule has 1 amide bonds. The molecular formula is C16H12N6OS. The van der Waals surface area contributed by atoms with Crippen molar-refractivity contribution >= 4 is 32.7 Å². The van der Waals surface area contributed by atoms with Crippen molar-refractivity contribution in [2.45, 2.75) is 0 Å². The maximum atomic E-state index is 12.2. The molecule has 118 valence electrons. The Kier molecular flexibility index (Phi) is 3.51. The monoisotopic (exact) mass is 336 g/mol. The molecule has 7 nitrogen and oxygen atoms in total. The van der Waals surface area contributed by atoms with E-state index >= 15 is 0 Å². The number of aromatic nitrogens is 5. The predicted octanol–water partition coefficient (Wildman–Crippen LogP) is 2.74. The number of pyridine rings is 2. The van der Waals surface area contributed by atoms with Crippen molar-refractivity contribution in [3.8, 4) is 11.3 Å². The van der Waals surface area contributed by atoms with Gasteiger partial charge in [-0.1, -0.05) is 11.3 Å². The summed E-state index contributed by atoms with van der Waals surface area (Å²) < 4.78 is 1.52. The first-order chi connectivity index (χ1) is 11.7. The number of hydrogen-bond acceptors (Lipinski definition) is 6. The van der Waals surface area contributed by atoms with Crippen molar-refractivity contribution in [1.82, 2.24) is 24.7 Å². The van der Waals surface area contributed by atoms with Crippen LogP contribution in [0.4, 0.5) is 5.13 Å². The van der Waals surface area contributed by atoms with Gasteiger partial charge in [0.15, 0.2) is 5.13 Å². The number of hydrogen-bond donors (Lipinski definition) is 1. The van der Waals surface area contributed by atoms with E-state index < -0.39 is 0 Å². The summed E-state index contributed by atoms with van der Waals surface area (Å²) >= 11 is 1.33. The van der Waals surface area contributed by atoms with Crippen LogP contribution >= 0.6 is 11.3 Å². The van der Waals surface area contributed by atoms with Gasteiger partial charge in [-0.3, -0.25) is 19.8 Å². The molecule has 0 atom stereocenters. The Morgan fingerprint density at radius 2 is 2.08 bits per heavy atom. The lowest BCUT2D eigenvalue weighted by atomic mass is 10.2. The number of rotatable bonds is 3. The van der Waals surface area contributed by atoms with Crippen LogP contribution in [0.3, 0.4) is 0 Å². The second-order valence-electron chi connectivity index (χ2n) is 5.08. The van der Waals surface area contributed by atoms with Crippen molar-refractivity contribution in [2.24, 2.45) is 7.05 Å². The van der Waals surface area contributed by atoms with E-state index in [2.05, 4.69) is 25.4 Å². The summed E-state index contributed by atoms with van der Waals surface area (Å²) in [4.78, 5) is 26.1. The third-order valence-corrected chi connectivity index (χ3v) is 4.37. The van der Waals surface area contributed by atoms with Gasteiger partial charge in [0.05, 0.1) is 5.69 Å². The summed E-state index contributed by atoms with van der Waals surface area (Å²) in [6, 6.07) is 9.26. The van der Waals surface area contributed by atoms with Gasteiger partial charge in [0, 0.05) is 31.2 Å². The maximum absolute atomic E-state index is 12.2. The second-order valence-corrected chi connectivity index (χ2v) is 6.05. The molecule has 0 spiro atoms. The minimum atomic E-state index is -0.249. The Bertz CT molecular complexity index is 1020. The first-order valence-corrected chi connectivity index (χ1v) is 8.00. The van der Waals surface area contributed by atoms with Gasteiger partial charge in [0.2, 0.25) is 0 Å². The van der Waals surface area contributed by atoms with Gasteiger partial charge in [0.25, 0.3) is 5.91 Å². The summed E-state index contributed by atoms with van der Waals surface area (Å²) in [7, 11) is 1.72. The van der Waals surface area contributed by atoms with Gasteiger partial charge < -0.3 is 0 Å². The molecule has 0 fully saturated rings. The second kappa shape index (κ2) is 5.82. The topological polar surface area (TPSA) is 85.6 Å². The molecule has 4 aromatic heterocycles. The minimum Gasteiger partial charge on any atom is -0.296 e. The average molecular weight is 336 g/mol. The number of nitrogens with one attached hydrogen (secondary N) is 1. The predicted molar refractivity (Wildman–Crippen MR) is 91.8 cm³/mol. The summed E-state index contributed by atoms with van der Waals surface area (Å²) in [5.41, 5.74) is 2.98. The molecule has 4 aromatic rings. The van der Waals surface area contributed by atoms with Gasteiger partial charge in [0.1, 0.15) is 16.0 Å². The zero-order valence-electron chi connectivity index (χ0n) is 12.7. The largest absolute Gasteiger partial charge is 0.296 e. The number of thiazole rings is 1. The van der Waals surface area contributed by atoms with Crippen LogP contribution < -0.4 is 5.32 Å². The van der Waals surface area contributed by atoms with E-state index in [9.17, 15) is 4.79 Å². The molecule has 4 rings (SSSR count). The number of carbonyl (C=O) groups is 1. The van der Waals surface area contributed by atoms with Crippen LogP contribution in [-0.4, -0.2) is 30.6 Å². The van der Waals surface area contributed by atoms with E-state index in [0.717, 1.165) is 21.6 Å². The zero-order chi connectivity index (χ0) is 16.5. The van der Waals surface area contributed by atoms with Gasteiger partial charge >= 0.3 is 0 Å². The van der Waals surface area contributed by atoms with E-state index in [4.69, 9.17) is 0 Å². The SMILES string of the molecule is Cn1nccc1C(=O)Nc1nc2ccc(-c3cccnc3)nc2s1. The number of anilines is 1. The third-order valence-electron chi connectivity index (χ3n) is 3.49. The highest BCUT2D eigenvalue weighted by Crippen LogP contribution is 2.27. The van der Waals surface area contributed by atoms with Crippen LogP contribution in [0.5, 0.6) is 0 Å². The maximum Gasteiger partial charge on any atom is 0.275 e. The average Bonchev–Trinajstić information content (AvgIpc) is 3.20. The first kappa shape index (κ1) is 14.5. The number of amides is 1. The molecular weight excluding hydrogens is 324 g/mol. The van der Waals surface area contributed by atoms with Crippen molar-refractivity contribution < 1.29 is 4.79 Å². The van der Waals surface area contributed by atoms with Gasteiger partial charge in [-0.2, -0.15) is 5.10 Å². The Morgan fingerprint density at radius 3 is 2.83 bits per heavy atom. The zero-order valence-corrected chi connectivity index (χ0v) is 13.5. The first-order valence-electron chi connectivity index (χ1n) is 7.18. The summed E-state index contributed by atoms with van der Waals surface area (Å²) in [6.45, 7) is 0. The van der Waals surface area contributed by atoms with Gasteiger partial charge in [-0.05, 0) is 30.3 Å². The van der Waals surface area contributed by atoms with E-state index in [1.807, 2.05) is 24.3 Å². The lowest BCUT2D eigenvalue weighted by Crippen LogP contribution is -2.15. The lowest BCUT2D eigenvalue weighted by Gasteiger charge is -2.00. The molecule has 8 heteroatoms. The van der Waals surface area contributed by atoms with Crippen LogP contribution in [0.25, 0.3) is 21.6 Å². The van der Waals surface area contributed by atoms with E-state index in [0.29, 0.717) is 10.8 Å². The Balaban J connectivity index is 1.64. The molecule has 0 saturated carbocycles. The van der Waals surface area contributed by atoms with E-state index in [1.165, 1.54) is 16.0 Å². The molecule has 0 unspecified atom stereocenters. The Morgan fingerprint density at radius 1 is 1.17 bits per heavy atom. The number of nitrogens with zero attached hydrogens (tertiary/aromatic N) is 5. The fourth-order valence-electron chi connectivity index (χ4n) is 2.30. The number of fused-ring (bicyclic) bond motifs is 1. The van der Waals surface area contributed by atoms with Crippen molar-refractivity contribution in [2.75, 3.05) is 5.32 Å². The normalized spacial score (nSPS) is 10.9. The molecule has 0 aliphatic rings. The number of aryl methyl sites for hydroxylation is 1. The quantitative estimate of drug-likeness (QED) is 0.622. The van der Waals surface area contributed by atoms with Gasteiger partial charge in [-0.15, -0.1) is 0 Å². The molecule has 0 saturated heterocycles. The Labute approximate surface area is 141 Å². The molecule has 0 aliphatic heterocycles. The molecule has 4 heterocycles. The fourth-order valence-corrected chi connectivity index (χ4v) is 3.14. The summed E-state index contributed by atoms with van der Waals surface area (Å²) in [5, 5.41) is 7.28. The standard InChI is InChI=1S/C16H12N6OS/c1-22-13(6-8-18-22)14(23)21-16-20-12-5-4-11(19-15(12)24-16)10-3-2-7-17-9-10/h2-9H,1H3,(H,20,21,23). The smallest absolute Gasteiger partial charge is 0.275 e. The van der Waals surface area contributed by atoms with Crippen LogP contribution in [0.1, 0.15) is 10.5 Å². The Hall–Kier alpha value is -3.13. The van der Waals surface area contributed by atoms with Crippen LogP contribution in [0.15, 0.2) is 48.9 Å². The molecule has 1 N–H and O–H groups in total. The molecule has 0 radical (unpaired) electrons. The fraction of sp³-hybridized carbons (Fsp3) is 0.0625. The lowest BCUT2D eigenvalue weighted by molar-refractivity contribution is 0.101. The highest BCUT2D eigenvalue weighted by molar-refractivity contribution is 7.22. The van der Waals surface area contributed by atoms with Crippen LogP contribution in [0.2, 0.25) is 0 Å². The molecule has 0 aliphatic carbocycles. The molecule has 0 bridgehead atoms. The summed E-state index contributed by atoms with van der Waals surface area (Å²) in [5.74, 6) is -0.249. The van der Waals surface area contributed by atoms with E-state index in [1.54, 1.807) is 31.7 Å². The number of carbonyl (C=O) groups excluding carboxylic acids is 1. The van der Waals surface area contributed by atoms with Crippen molar-refractivity contribution in [3.63, 3.8) is 0 Å². The van der Waals surface area contributed by atoms with Crippen LogP contribution in [0, 0.1) is 0 Å². The summed E-state index contributed by atoms with van der Waals surface area (Å²) in [6.07, 6.45) is 5.07. The van der Waals surface area contributed by atoms with Crippen LogP contribution in [-0.2, 0) is 7.05 Å². The molecule has 24 heavy (non-hydrogen) atoms. The third kappa shape index (κ3) is 2.63. The minimum absolute atomic E-state index is 0.249. The molecule has 0 aromatic carbocycles. The van der Waals surface area contributed by atoms with Crippen molar-refractivity contribution in [3.05, 3.63) is 54.6 Å². The van der Waals surface area contributed by atoms with Crippen molar-refractivity contribution in [1.29, 1.82) is 0 Å². The highest BCUT2D eigenvalue weighted by Gasteiger charge is 2.13. The highest BCUT2D eigenvalue weighted by atomic mass is 32.1. The van der Waals surface area contributed by atoms with E-state index in [-0.39, 0.29) is 5.91 Å². The van der Waals surface area contributed by atoms with Gasteiger partial charge in [-0.25, -0.2) is 9.97 Å².